The summed E-state index contributed by atoms with van der Waals surface area (Å²) in [4.78, 5) is 6.80. The van der Waals surface area contributed by atoms with Gasteiger partial charge in [0.05, 0.1) is 12.2 Å². The van der Waals surface area contributed by atoms with E-state index in [0.717, 1.165) is 41.6 Å². The van der Waals surface area contributed by atoms with Crippen molar-refractivity contribution in [3.63, 3.8) is 0 Å². The van der Waals surface area contributed by atoms with Crippen molar-refractivity contribution in [2.45, 2.75) is 32.0 Å². The third-order valence-electron chi connectivity index (χ3n) is 4.56. The van der Waals surface area contributed by atoms with E-state index >= 15 is 0 Å². The van der Waals surface area contributed by atoms with E-state index in [-0.39, 0.29) is 5.60 Å². The highest BCUT2D eigenvalue weighted by Gasteiger charge is 2.27. The Labute approximate surface area is 141 Å². The maximum Gasteiger partial charge on any atom is 0.169 e. The van der Waals surface area contributed by atoms with Gasteiger partial charge in [0.1, 0.15) is 11.8 Å². The first-order valence-corrected chi connectivity index (χ1v) is 8.44. The van der Waals surface area contributed by atoms with Gasteiger partial charge < -0.3 is 15.0 Å². The van der Waals surface area contributed by atoms with E-state index in [1.54, 1.807) is 0 Å². The minimum atomic E-state index is -0.722. The monoisotopic (exact) mass is 327 g/mol. The summed E-state index contributed by atoms with van der Waals surface area (Å²) < 4.78 is 19.4. The highest BCUT2D eigenvalue weighted by Crippen LogP contribution is 2.34. The number of nitrogens with one attached hydrogen (secondary N) is 1. The van der Waals surface area contributed by atoms with Crippen molar-refractivity contribution in [3.05, 3.63) is 36.4 Å². The van der Waals surface area contributed by atoms with Gasteiger partial charge in [0.15, 0.2) is 11.6 Å². The van der Waals surface area contributed by atoms with Crippen molar-refractivity contribution in [2.24, 2.45) is 0 Å². The Bertz CT molecular complexity index is 762. The van der Waals surface area contributed by atoms with E-state index in [9.17, 15) is 4.39 Å². The number of benzene rings is 1. The molecule has 4 rings (SSSR count). The number of anilines is 2. The van der Waals surface area contributed by atoms with Crippen LogP contribution in [0.3, 0.4) is 0 Å². The van der Waals surface area contributed by atoms with Crippen LogP contribution in [0.5, 0.6) is 5.75 Å². The van der Waals surface area contributed by atoms with Crippen LogP contribution in [-0.4, -0.2) is 36.4 Å². The van der Waals surface area contributed by atoms with Crippen molar-refractivity contribution >= 4 is 11.5 Å². The molecular weight excluding hydrogens is 305 g/mol. The van der Waals surface area contributed by atoms with Gasteiger partial charge in [-0.1, -0.05) is 12.1 Å². The molecule has 4 nitrogen and oxygen atoms in total. The van der Waals surface area contributed by atoms with Gasteiger partial charge in [-0.3, -0.25) is 0 Å². The molecule has 1 N–H and O–H groups in total. The van der Waals surface area contributed by atoms with Crippen LogP contribution in [0.4, 0.5) is 15.9 Å². The zero-order chi connectivity index (χ0) is 16.7. The molecule has 0 bridgehead atoms. The normalized spacial score (nSPS) is 21.8. The molecule has 2 aliphatic rings. The van der Waals surface area contributed by atoms with Crippen LogP contribution in [-0.2, 0) is 0 Å². The summed E-state index contributed by atoms with van der Waals surface area (Å²) >= 11 is 0. The Morgan fingerprint density at radius 1 is 1.29 bits per heavy atom. The quantitative estimate of drug-likeness (QED) is 0.908. The maximum atomic E-state index is 13.5. The molecule has 5 heteroatoms. The molecule has 1 saturated heterocycles. The Morgan fingerprint density at radius 2 is 2.17 bits per heavy atom. The first-order valence-electron chi connectivity index (χ1n) is 8.44. The maximum absolute atomic E-state index is 13.5. The summed E-state index contributed by atoms with van der Waals surface area (Å²) in [5.41, 5.74) is 2.75. The summed E-state index contributed by atoms with van der Waals surface area (Å²) in [6, 6.07) is 12.1. The number of nitrogens with zero attached hydrogens (tertiary/aromatic N) is 2. The number of hydrogen-bond acceptors (Lipinski definition) is 4. The average Bonchev–Trinajstić information content (AvgIpc) is 3.00. The third-order valence-corrected chi connectivity index (χ3v) is 4.56. The molecule has 0 amide bonds. The smallest absolute Gasteiger partial charge is 0.169 e. The van der Waals surface area contributed by atoms with Gasteiger partial charge in [0, 0.05) is 24.3 Å². The van der Waals surface area contributed by atoms with E-state index in [1.807, 2.05) is 30.3 Å². The van der Waals surface area contributed by atoms with Gasteiger partial charge in [0.25, 0.3) is 0 Å². The highest BCUT2D eigenvalue weighted by atomic mass is 19.1. The second-order valence-electron chi connectivity index (χ2n) is 7.14. The molecule has 1 aromatic carbocycles. The molecule has 3 heterocycles. The number of aromatic nitrogens is 1. The van der Waals surface area contributed by atoms with Crippen LogP contribution >= 0.6 is 0 Å². The summed E-state index contributed by atoms with van der Waals surface area (Å²) in [5.74, 6) is 1.56. The summed E-state index contributed by atoms with van der Waals surface area (Å²) in [6.07, 6.45) is -0.113. The van der Waals surface area contributed by atoms with Gasteiger partial charge in [-0.05, 0) is 44.5 Å². The molecule has 1 atom stereocenters. The van der Waals surface area contributed by atoms with Crippen LogP contribution in [0.25, 0.3) is 11.3 Å². The fourth-order valence-corrected chi connectivity index (χ4v) is 3.26. The number of pyridine rings is 1. The standard InChI is InChI=1S/C19H22FN3O/c1-19(2)12-21-18-17(24-19)7-6-16(22-18)13-4-3-5-15(10-13)23-9-8-14(20)11-23/h3-7,10,14H,8-9,11-12H2,1-2H3,(H,21,22). The van der Waals surface area contributed by atoms with Gasteiger partial charge in [0.2, 0.25) is 0 Å². The molecule has 0 saturated carbocycles. The Kier molecular flexibility index (Phi) is 3.59. The summed E-state index contributed by atoms with van der Waals surface area (Å²) in [5, 5.41) is 3.34. The molecular formula is C19H22FN3O. The van der Waals surface area contributed by atoms with Crippen LogP contribution < -0.4 is 15.0 Å². The molecule has 0 spiro atoms. The minimum absolute atomic E-state index is 0.227. The number of halogens is 1. The van der Waals surface area contributed by atoms with Crippen LogP contribution in [0, 0.1) is 0 Å². The predicted octanol–water partition coefficient (Wildman–Crippen LogP) is 3.88. The van der Waals surface area contributed by atoms with E-state index in [2.05, 4.69) is 30.1 Å². The van der Waals surface area contributed by atoms with Gasteiger partial charge in [-0.25, -0.2) is 9.37 Å². The lowest BCUT2D eigenvalue weighted by atomic mass is 10.1. The zero-order valence-electron chi connectivity index (χ0n) is 14.1. The second-order valence-corrected chi connectivity index (χ2v) is 7.14. The molecule has 2 aromatic rings. The Morgan fingerprint density at radius 3 is 2.96 bits per heavy atom. The van der Waals surface area contributed by atoms with Gasteiger partial charge in [-0.15, -0.1) is 0 Å². The lowest BCUT2D eigenvalue weighted by molar-refractivity contribution is 0.115. The molecule has 2 aliphatic heterocycles. The van der Waals surface area contributed by atoms with Crippen LogP contribution in [0.15, 0.2) is 36.4 Å². The second kappa shape index (κ2) is 5.65. The highest BCUT2D eigenvalue weighted by molar-refractivity contribution is 5.69. The predicted molar refractivity (Wildman–Crippen MR) is 94.6 cm³/mol. The Hall–Kier alpha value is -2.30. The first-order chi connectivity index (χ1) is 11.5. The van der Waals surface area contributed by atoms with E-state index in [1.165, 1.54) is 0 Å². The summed E-state index contributed by atoms with van der Waals surface area (Å²) in [6.45, 7) is 6.07. The minimum Gasteiger partial charge on any atom is -0.482 e. The van der Waals surface area contributed by atoms with E-state index in [0.29, 0.717) is 13.0 Å². The van der Waals surface area contributed by atoms with E-state index in [4.69, 9.17) is 9.72 Å². The molecule has 126 valence electrons. The number of ether oxygens (including phenoxy) is 1. The molecule has 0 aliphatic carbocycles. The number of rotatable bonds is 2. The van der Waals surface area contributed by atoms with Gasteiger partial charge in [-0.2, -0.15) is 0 Å². The molecule has 0 radical (unpaired) electrons. The number of hydrogen-bond donors (Lipinski definition) is 1. The fraction of sp³-hybridized carbons (Fsp3) is 0.421. The zero-order valence-corrected chi connectivity index (χ0v) is 14.1. The molecule has 1 fully saturated rings. The van der Waals surface area contributed by atoms with Crippen molar-refractivity contribution < 1.29 is 9.13 Å². The van der Waals surface area contributed by atoms with Crippen molar-refractivity contribution in [2.75, 3.05) is 29.9 Å². The SMILES string of the molecule is CC1(C)CNc2nc(-c3cccc(N4CCC(F)C4)c3)ccc2O1. The largest absolute Gasteiger partial charge is 0.482 e. The molecule has 24 heavy (non-hydrogen) atoms. The van der Waals surface area contributed by atoms with Crippen molar-refractivity contribution in [1.82, 2.24) is 4.98 Å². The molecule has 1 aromatic heterocycles. The van der Waals surface area contributed by atoms with E-state index < -0.39 is 6.17 Å². The average molecular weight is 327 g/mol. The Balaban J connectivity index is 1.63. The first kappa shape index (κ1) is 15.2. The topological polar surface area (TPSA) is 37.4 Å². The lowest BCUT2D eigenvalue weighted by Gasteiger charge is -2.32. The van der Waals surface area contributed by atoms with Gasteiger partial charge >= 0.3 is 0 Å². The van der Waals surface area contributed by atoms with Crippen molar-refractivity contribution in [1.29, 1.82) is 0 Å². The van der Waals surface area contributed by atoms with Crippen LogP contribution in [0.1, 0.15) is 20.3 Å². The summed E-state index contributed by atoms with van der Waals surface area (Å²) in [7, 11) is 0. The number of fused-ring (bicyclic) bond motifs is 1. The molecule has 1 unspecified atom stereocenters. The number of alkyl halides is 1. The fourth-order valence-electron chi connectivity index (χ4n) is 3.26. The lowest BCUT2D eigenvalue weighted by Crippen LogP contribution is -2.40. The van der Waals surface area contributed by atoms with Crippen LogP contribution in [0.2, 0.25) is 0 Å². The van der Waals surface area contributed by atoms with Crippen molar-refractivity contribution in [3.8, 4) is 17.0 Å². The third kappa shape index (κ3) is 2.90.